The summed E-state index contributed by atoms with van der Waals surface area (Å²) in [7, 11) is 1.81. The number of anilines is 3. The lowest BCUT2D eigenvalue weighted by Gasteiger charge is -2.45. The summed E-state index contributed by atoms with van der Waals surface area (Å²) in [5.41, 5.74) is 13.7. The van der Waals surface area contributed by atoms with E-state index in [1.54, 1.807) is 30.5 Å². The van der Waals surface area contributed by atoms with Crippen molar-refractivity contribution in [3.05, 3.63) is 41.7 Å². The van der Waals surface area contributed by atoms with Crippen LogP contribution in [-0.2, 0) is 35.1 Å². The van der Waals surface area contributed by atoms with Gasteiger partial charge >= 0.3 is 5.97 Å². The van der Waals surface area contributed by atoms with Crippen LogP contribution in [0.3, 0.4) is 0 Å². The second kappa shape index (κ2) is 24.9. The number of nitrogens with one attached hydrogen (secondary N) is 3. The van der Waals surface area contributed by atoms with Gasteiger partial charge in [0, 0.05) is 55.7 Å². The third kappa shape index (κ3) is 14.4. The van der Waals surface area contributed by atoms with Crippen LogP contribution < -0.4 is 32.3 Å². The third-order valence-electron chi connectivity index (χ3n) is 10.7. The summed E-state index contributed by atoms with van der Waals surface area (Å²) >= 11 is 4.70. The minimum absolute atomic E-state index is 0.00687. The van der Waals surface area contributed by atoms with Gasteiger partial charge in [0.05, 0.1) is 42.1 Å². The molecule has 66 heavy (non-hydrogen) atoms. The highest BCUT2D eigenvalue weighted by Gasteiger charge is 2.50. The maximum absolute atomic E-state index is 13.8. The number of aliphatic carboxylic acids is 1. The van der Waals surface area contributed by atoms with E-state index in [0.29, 0.717) is 61.6 Å². The molecule has 0 radical (unpaired) electrons. The SMILES string of the molecule is CN(Cc1cnc2nc(N)nc(N)c2n1)c1ccc(C(=O)N[C@@H](CCC(=O)NCCCCCC(=O)NCCSC[C@H]2O[C@@H](O[C@H]3[C@H](O)[C@@H](O)[C@@H](F)O[C@@H]3CO)[C@H](O)[C@@H](O)[C@@H]2Br)C(=O)O)cc1. The summed E-state index contributed by atoms with van der Waals surface area (Å²) in [6.07, 6.45) is -10.7. The molecule has 3 amide bonds. The first-order valence-corrected chi connectivity index (χ1v) is 23.1. The second-order valence-electron chi connectivity index (χ2n) is 15.7. The van der Waals surface area contributed by atoms with Crippen molar-refractivity contribution in [3.63, 3.8) is 0 Å². The van der Waals surface area contributed by atoms with Crippen molar-refractivity contribution in [1.29, 1.82) is 0 Å². The van der Waals surface area contributed by atoms with Gasteiger partial charge in [-0.1, -0.05) is 22.4 Å². The molecular weight excluding hydrogens is 959 g/mol. The van der Waals surface area contributed by atoms with Crippen LogP contribution in [0.5, 0.6) is 0 Å². The number of alkyl halides is 2. The number of thioether (sulfide) groups is 1. The van der Waals surface area contributed by atoms with Crippen LogP contribution >= 0.6 is 27.7 Å². The molecule has 23 nitrogen and oxygen atoms in total. The van der Waals surface area contributed by atoms with Crippen LogP contribution in [0.2, 0.25) is 0 Å². The fourth-order valence-electron chi connectivity index (χ4n) is 6.99. The maximum atomic E-state index is 13.8. The zero-order valence-corrected chi connectivity index (χ0v) is 38.2. The summed E-state index contributed by atoms with van der Waals surface area (Å²) in [4.78, 5) is 67.5. The number of carbonyl (C=O) groups excluding carboxylic acids is 3. The average Bonchev–Trinajstić information content (AvgIpc) is 3.29. The molecule has 2 saturated heterocycles. The molecular formula is C40H56BrFN10O13S. The normalized spacial score (nSPS) is 25.8. The van der Waals surface area contributed by atoms with E-state index in [2.05, 4.69) is 51.8 Å². The minimum atomic E-state index is -2.26. The predicted octanol–water partition coefficient (Wildman–Crippen LogP) is -1.29. The molecule has 2 aliphatic rings. The molecule has 0 unspecified atom stereocenters. The van der Waals surface area contributed by atoms with Gasteiger partial charge < -0.3 is 77.2 Å². The molecule has 364 valence electrons. The number of benzene rings is 1. The fraction of sp³-hybridized carbons (Fsp3) is 0.600. The molecule has 0 aliphatic carbocycles. The Morgan fingerprint density at radius 3 is 2.35 bits per heavy atom. The Bertz CT molecular complexity index is 2110. The smallest absolute Gasteiger partial charge is 0.326 e. The Kier molecular flexibility index (Phi) is 19.8. The fourth-order valence-corrected chi connectivity index (χ4v) is 8.80. The van der Waals surface area contributed by atoms with E-state index >= 15 is 0 Å². The lowest BCUT2D eigenvalue weighted by atomic mass is 9.98. The molecule has 3 aromatic rings. The highest BCUT2D eigenvalue weighted by atomic mass is 79.9. The van der Waals surface area contributed by atoms with Gasteiger partial charge in [-0.3, -0.25) is 14.4 Å². The summed E-state index contributed by atoms with van der Waals surface area (Å²) < 4.78 is 30.1. The Labute approximate surface area is 390 Å². The number of rotatable bonds is 23. The molecule has 4 heterocycles. The van der Waals surface area contributed by atoms with Crippen molar-refractivity contribution in [3.8, 4) is 0 Å². The molecule has 0 bridgehead atoms. The standard InChI is InChI=1S/C40H56BrFN10O13S/c1-52(16-20-15-47-36-28(48-20)35(43)50-40(44)51-36)21-8-6-19(7-9-21)37(60)49-22(38(61)62)10-11-26(55)45-12-4-2-3-5-25(54)46-13-14-66-18-24-27(41)29(56)32(59)39(64-24)65-33-23(17-53)63-34(42)31(58)30(33)57/h6-9,15,22-24,27,29-34,39,53,56-59H,2-5,10-14,16-18H2,1H3,(H,45,55)(H,46,54)(H,49,60)(H,61,62)(H4,43,44,47,50,51)/t22-,23+,24+,27+,29-,30+,31+,32+,33+,34-,39-/m0/s1. The Hall–Kier alpha value is -4.64. The number of carbonyl (C=O) groups is 4. The molecule has 0 saturated carbocycles. The number of nitrogens with zero attached hydrogens (tertiary/aromatic N) is 5. The lowest BCUT2D eigenvalue weighted by molar-refractivity contribution is -0.332. The van der Waals surface area contributed by atoms with Crippen molar-refractivity contribution < 1.29 is 68.4 Å². The highest BCUT2D eigenvalue weighted by Crippen LogP contribution is 2.33. The van der Waals surface area contributed by atoms with E-state index in [1.165, 1.54) is 11.8 Å². The molecule has 1 aromatic carbocycles. The number of nitrogen functional groups attached to an aromatic ring is 2. The van der Waals surface area contributed by atoms with Crippen molar-refractivity contribution in [2.75, 3.05) is 54.6 Å². The van der Waals surface area contributed by atoms with Gasteiger partial charge in [0.15, 0.2) is 23.3 Å². The van der Waals surface area contributed by atoms with Crippen molar-refractivity contribution in [1.82, 2.24) is 35.9 Å². The van der Waals surface area contributed by atoms with Gasteiger partial charge in [0.1, 0.15) is 36.6 Å². The Balaban J connectivity index is 0.921. The van der Waals surface area contributed by atoms with Crippen molar-refractivity contribution in [2.24, 2.45) is 0 Å². The quantitative estimate of drug-likeness (QED) is 0.0389. The van der Waals surface area contributed by atoms with Crippen LogP contribution in [0.4, 0.5) is 21.8 Å². The first kappa shape index (κ1) is 52.3. The van der Waals surface area contributed by atoms with Crippen LogP contribution in [0.15, 0.2) is 30.5 Å². The first-order valence-electron chi connectivity index (χ1n) is 21.1. The number of unbranched alkanes of at least 4 members (excludes halogenated alkanes) is 2. The molecule has 11 atom stereocenters. The lowest BCUT2D eigenvalue weighted by Crippen LogP contribution is -2.63. The van der Waals surface area contributed by atoms with Crippen LogP contribution in [0.1, 0.15) is 54.6 Å². The first-order chi connectivity index (χ1) is 31.5. The topological polar surface area (TPSA) is 360 Å². The van der Waals surface area contributed by atoms with E-state index in [9.17, 15) is 54.2 Å². The number of hydrogen-bond acceptors (Lipinski definition) is 20. The Morgan fingerprint density at radius 1 is 0.924 bits per heavy atom. The number of amides is 3. The molecule has 13 N–H and O–H groups in total. The van der Waals surface area contributed by atoms with E-state index in [-0.39, 0.29) is 54.1 Å². The largest absolute Gasteiger partial charge is 0.480 e. The van der Waals surface area contributed by atoms with Gasteiger partial charge in [-0.15, -0.1) is 0 Å². The van der Waals surface area contributed by atoms with E-state index in [1.807, 2.05) is 11.9 Å². The van der Waals surface area contributed by atoms with Crippen LogP contribution in [-0.4, -0.2) is 179 Å². The molecule has 2 aliphatic heterocycles. The number of ether oxygens (including phenoxy) is 3. The highest BCUT2D eigenvalue weighted by molar-refractivity contribution is 9.09. The van der Waals surface area contributed by atoms with Gasteiger partial charge in [-0.2, -0.15) is 21.7 Å². The van der Waals surface area contributed by atoms with Crippen molar-refractivity contribution in [2.45, 2.75) is 111 Å². The zero-order chi connectivity index (χ0) is 48.1. The predicted molar refractivity (Wildman–Crippen MR) is 240 cm³/mol. The van der Waals surface area contributed by atoms with Crippen molar-refractivity contribution >= 4 is 80.0 Å². The number of halogens is 2. The second-order valence-corrected chi connectivity index (χ2v) is 17.9. The summed E-state index contributed by atoms with van der Waals surface area (Å²) in [5, 5.41) is 68.6. The number of carboxylic acid groups (broad SMARTS) is 1. The molecule has 0 spiro atoms. The van der Waals surface area contributed by atoms with Gasteiger partial charge in [0.2, 0.25) is 24.1 Å². The number of carboxylic acids is 1. The summed E-state index contributed by atoms with van der Waals surface area (Å²) in [6.45, 7) is 0.223. The van der Waals surface area contributed by atoms with E-state index < -0.39 is 84.7 Å². The number of hydrogen-bond donors (Lipinski definition) is 11. The minimum Gasteiger partial charge on any atom is -0.480 e. The number of aliphatic hydroxyl groups is 5. The maximum Gasteiger partial charge on any atom is 0.326 e. The summed E-state index contributed by atoms with van der Waals surface area (Å²) in [5.74, 6) is -1.58. The summed E-state index contributed by atoms with van der Waals surface area (Å²) in [6, 6.07) is 5.19. The zero-order valence-electron chi connectivity index (χ0n) is 35.8. The van der Waals surface area contributed by atoms with E-state index in [0.717, 1.165) is 5.69 Å². The molecule has 2 aromatic heterocycles. The Morgan fingerprint density at radius 2 is 1.64 bits per heavy atom. The van der Waals surface area contributed by atoms with Gasteiger partial charge in [0.25, 0.3) is 5.91 Å². The monoisotopic (exact) mass is 1010 g/mol. The third-order valence-corrected chi connectivity index (χ3v) is 12.9. The number of aliphatic hydroxyl groups excluding tert-OH is 5. The molecule has 5 rings (SSSR count). The van der Waals surface area contributed by atoms with E-state index in [4.69, 9.17) is 25.7 Å². The number of nitrogens with two attached hydrogens (primary N) is 2. The van der Waals surface area contributed by atoms with Crippen LogP contribution in [0, 0.1) is 0 Å². The average molecular weight is 1020 g/mol. The molecule has 2 fully saturated rings. The van der Waals surface area contributed by atoms with Gasteiger partial charge in [-0.25, -0.2) is 19.2 Å². The van der Waals surface area contributed by atoms with Crippen LogP contribution in [0.25, 0.3) is 11.2 Å². The number of fused-ring (bicyclic) bond motifs is 1. The molecule has 26 heteroatoms. The number of aromatic nitrogens is 4. The van der Waals surface area contributed by atoms with Gasteiger partial charge in [-0.05, 0) is 43.5 Å².